The summed E-state index contributed by atoms with van der Waals surface area (Å²) in [6, 6.07) is 3.08. The van der Waals surface area contributed by atoms with Gasteiger partial charge in [0.05, 0.1) is 29.5 Å². The van der Waals surface area contributed by atoms with Gasteiger partial charge in [-0.15, -0.1) is 0 Å². The van der Waals surface area contributed by atoms with E-state index < -0.39 is 0 Å². The molecule has 1 fully saturated rings. The molecule has 1 aliphatic rings. The van der Waals surface area contributed by atoms with Crippen LogP contribution in [-0.2, 0) is 0 Å². The lowest BCUT2D eigenvalue weighted by Gasteiger charge is -2.29. The van der Waals surface area contributed by atoms with Crippen LogP contribution >= 0.6 is 11.6 Å². The Balaban J connectivity index is 1.80. The number of amides is 1. The molecular weight excluding hydrogens is 318 g/mol. The van der Waals surface area contributed by atoms with E-state index in [1.807, 2.05) is 0 Å². The van der Waals surface area contributed by atoms with Gasteiger partial charge in [0.15, 0.2) is 0 Å². The summed E-state index contributed by atoms with van der Waals surface area (Å²) in [5.41, 5.74) is 6.48. The van der Waals surface area contributed by atoms with Gasteiger partial charge in [-0.1, -0.05) is 11.6 Å². The summed E-state index contributed by atoms with van der Waals surface area (Å²) in [4.78, 5) is 14.5. The van der Waals surface area contributed by atoms with Gasteiger partial charge in [0.1, 0.15) is 5.75 Å². The van der Waals surface area contributed by atoms with E-state index in [4.69, 9.17) is 22.1 Å². The molecule has 1 amide bonds. The van der Waals surface area contributed by atoms with Crippen LogP contribution in [-0.4, -0.2) is 55.3 Å². The number of benzene rings is 1. The number of nitrogens with one attached hydrogen (secondary N) is 1. The molecule has 0 unspecified atom stereocenters. The minimum atomic E-state index is -0.224. The fourth-order valence-corrected chi connectivity index (χ4v) is 2.82. The first-order valence-corrected chi connectivity index (χ1v) is 8.20. The lowest BCUT2D eigenvalue weighted by atomic mass is 10.1. The molecule has 7 heteroatoms. The Morgan fingerprint density at radius 2 is 2.17 bits per heavy atom. The van der Waals surface area contributed by atoms with Gasteiger partial charge in [-0.2, -0.15) is 0 Å². The van der Waals surface area contributed by atoms with Gasteiger partial charge >= 0.3 is 0 Å². The topological polar surface area (TPSA) is 87.8 Å². The van der Waals surface area contributed by atoms with Gasteiger partial charge in [-0.25, -0.2) is 0 Å². The molecule has 0 bridgehead atoms. The Labute approximate surface area is 141 Å². The van der Waals surface area contributed by atoms with E-state index in [1.165, 1.54) is 13.2 Å². The number of aliphatic hydroxyl groups excluding tert-OH is 1. The number of nitrogen functional groups attached to an aromatic ring is 1. The predicted octanol–water partition coefficient (Wildman–Crippen LogP) is 1.51. The third-order valence-corrected chi connectivity index (χ3v) is 4.38. The highest BCUT2D eigenvalue weighted by Gasteiger charge is 2.17. The fourth-order valence-electron chi connectivity index (χ4n) is 2.66. The molecule has 0 aromatic heterocycles. The summed E-state index contributed by atoms with van der Waals surface area (Å²) in [7, 11) is 1.49. The first-order chi connectivity index (χ1) is 11.0. The Kier molecular flexibility index (Phi) is 6.50. The average Bonchev–Trinajstić information content (AvgIpc) is 2.55. The zero-order valence-electron chi connectivity index (χ0n) is 13.3. The lowest BCUT2D eigenvalue weighted by Crippen LogP contribution is -2.37. The van der Waals surface area contributed by atoms with E-state index in [1.54, 1.807) is 6.07 Å². The van der Waals surface area contributed by atoms with Crippen LogP contribution in [0.2, 0.25) is 5.02 Å². The minimum Gasteiger partial charge on any atom is -0.496 e. The quantitative estimate of drug-likeness (QED) is 0.539. The first kappa shape index (κ1) is 17.8. The smallest absolute Gasteiger partial charge is 0.255 e. The van der Waals surface area contributed by atoms with Crippen molar-refractivity contribution in [3.05, 3.63) is 22.7 Å². The Morgan fingerprint density at radius 1 is 1.48 bits per heavy atom. The number of anilines is 1. The van der Waals surface area contributed by atoms with Crippen LogP contribution in [0.3, 0.4) is 0 Å². The Bertz CT molecular complexity index is 546. The number of nitrogens with zero attached hydrogens (tertiary/aromatic N) is 1. The molecule has 1 aromatic carbocycles. The van der Waals surface area contributed by atoms with Gasteiger partial charge < -0.3 is 25.8 Å². The molecule has 1 aliphatic heterocycles. The molecular formula is C16H24ClN3O3. The number of carbonyl (C=O) groups is 1. The highest BCUT2D eigenvalue weighted by Crippen LogP contribution is 2.28. The molecule has 1 aromatic rings. The Morgan fingerprint density at radius 3 is 2.83 bits per heavy atom. The average molecular weight is 342 g/mol. The van der Waals surface area contributed by atoms with Crippen LogP contribution in [0.5, 0.6) is 5.75 Å². The maximum atomic E-state index is 12.2. The second kappa shape index (κ2) is 8.38. The molecule has 1 saturated heterocycles. The van der Waals surface area contributed by atoms with Crippen LogP contribution in [0.1, 0.15) is 29.6 Å². The zero-order valence-corrected chi connectivity index (χ0v) is 14.1. The van der Waals surface area contributed by atoms with Crippen LogP contribution < -0.4 is 15.8 Å². The maximum Gasteiger partial charge on any atom is 0.255 e. The number of nitrogens with two attached hydrogens (primary N) is 1. The van der Waals surface area contributed by atoms with Gasteiger partial charge in [-0.05, 0) is 31.9 Å². The van der Waals surface area contributed by atoms with Crippen molar-refractivity contribution in [1.82, 2.24) is 10.2 Å². The number of halogens is 1. The molecule has 0 aliphatic carbocycles. The number of hydrogen-bond acceptors (Lipinski definition) is 5. The SMILES string of the molecule is COc1cc(N)c(Cl)cc1C(=O)NCCCN1CCC(O)CC1. The van der Waals surface area contributed by atoms with Gasteiger partial charge in [-0.3, -0.25) is 4.79 Å². The number of hydrogen-bond donors (Lipinski definition) is 3. The summed E-state index contributed by atoms with van der Waals surface area (Å²) in [5, 5.41) is 12.7. The standard InChI is InChI=1S/C16H24ClN3O3/c1-23-15-10-14(18)13(17)9-12(15)16(22)19-5-2-6-20-7-3-11(21)4-8-20/h9-11,21H,2-8,18H2,1H3,(H,19,22). The van der Waals surface area contributed by atoms with Crippen LogP contribution in [0, 0.1) is 0 Å². The van der Waals surface area contributed by atoms with Crippen LogP contribution in [0.4, 0.5) is 5.69 Å². The molecule has 0 saturated carbocycles. The van der Waals surface area contributed by atoms with Gasteiger partial charge in [0.2, 0.25) is 0 Å². The van der Waals surface area contributed by atoms with Crippen molar-refractivity contribution in [2.75, 3.05) is 39.0 Å². The highest BCUT2D eigenvalue weighted by molar-refractivity contribution is 6.33. The van der Waals surface area contributed by atoms with Crippen molar-refractivity contribution in [2.45, 2.75) is 25.4 Å². The molecule has 6 nitrogen and oxygen atoms in total. The van der Waals surface area contributed by atoms with Crippen molar-refractivity contribution in [2.24, 2.45) is 0 Å². The van der Waals surface area contributed by atoms with E-state index in [0.29, 0.717) is 28.6 Å². The number of aliphatic hydroxyl groups is 1. The third-order valence-electron chi connectivity index (χ3n) is 4.06. The molecule has 128 valence electrons. The maximum absolute atomic E-state index is 12.2. The van der Waals surface area contributed by atoms with E-state index >= 15 is 0 Å². The molecule has 23 heavy (non-hydrogen) atoms. The van der Waals surface area contributed by atoms with Crippen molar-refractivity contribution >= 4 is 23.2 Å². The normalized spacial score (nSPS) is 16.3. The minimum absolute atomic E-state index is 0.159. The lowest BCUT2D eigenvalue weighted by molar-refractivity contribution is 0.0816. The van der Waals surface area contributed by atoms with Crippen LogP contribution in [0.15, 0.2) is 12.1 Å². The molecule has 1 heterocycles. The van der Waals surface area contributed by atoms with Crippen molar-refractivity contribution < 1.29 is 14.6 Å². The predicted molar refractivity (Wildman–Crippen MR) is 91.0 cm³/mol. The third kappa shape index (κ3) is 4.99. The van der Waals surface area contributed by atoms with Crippen LogP contribution in [0.25, 0.3) is 0 Å². The van der Waals surface area contributed by atoms with Crippen molar-refractivity contribution in [3.8, 4) is 5.75 Å². The van der Waals surface area contributed by atoms with Crippen molar-refractivity contribution in [1.29, 1.82) is 0 Å². The largest absolute Gasteiger partial charge is 0.496 e. The molecule has 4 N–H and O–H groups in total. The second-order valence-corrected chi connectivity index (χ2v) is 6.16. The van der Waals surface area contributed by atoms with Gasteiger partial charge in [0.25, 0.3) is 5.91 Å². The van der Waals surface area contributed by atoms with E-state index in [-0.39, 0.29) is 12.0 Å². The number of likely N-dealkylation sites (tertiary alicyclic amines) is 1. The molecule has 0 radical (unpaired) electrons. The number of methoxy groups -OCH3 is 1. The number of ether oxygens (including phenoxy) is 1. The number of carbonyl (C=O) groups excluding carboxylic acids is 1. The summed E-state index contributed by atoms with van der Waals surface area (Å²) in [5.74, 6) is 0.187. The molecule has 2 rings (SSSR count). The fraction of sp³-hybridized carbons (Fsp3) is 0.562. The zero-order chi connectivity index (χ0) is 16.8. The van der Waals surface area contributed by atoms with Gasteiger partial charge in [0, 0.05) is 25.7 Å². The Hall–Kier alpha value is -1.50. The first-order valence-electron chi connectivity index (χ1n) is 7.83. The van der Waals surface area contributed by atoms with E-state index in [2.05, 4.69) is 10.2 Å². The molecule has 0 spiro atoms. The number of rotatable bonds is 6. The number of piperidine rings is 1. The summed E-state index contributed by atoms with van der Waals surface area (Å²) < 4.78 is 5.18. The summed E-state index contributed by atoms with van der Waals surface area (Å²) in [6.07, 6.45) is 2.35. The monoisotopic (exact) mass is 341 g/mol. The van der Waals surface area contributed by atoms with E-state index in [9.17, 15) is 9.90 Å². The summed E-state index contributed by atoms with van der Waals surface area (Å²) >= 11 is 5.97. The van der Waals surface area contributed by atoms with E-state index in [0.717, 1.165) is 38.9 Å². The van der Waals surface area contributed by atoms with Crippen molar-refractivity contribution in [3.63, 3.8) is 0 Å². The highest BCUT2D eigenvalue weighted by atomic mass is 35.5. The summed E-state index contributed by atoms with van der Waals surface area (Å²) in [6.45, 7) is 3.31. The molecule has 0 atom stereocenters. The second-order valence-electron chi connectivity index (χ2n) is 5.76.